The second-order valence-electron chi connectivity index (χ2n) is 5.61. The normalized spacial score (nSPS) is 21.9. The highest BCUT2D eigenvalue weighted by Crippen LogP contribution is 2.28. The average Bonchev–Trinajstić information content (AvgIpc) is 2.85. The van der Waals surface area contributed by atoms with E-state index in [-0.39, 0.29) is 5.60 Å². The Morgan fingerprint density at radius 2 is 2.30 bits per heavy atom. The maximum atomic E-state index is 5.73. The topological polar surface area (TPSA) is 114 Å². The van der Waals surface area contributed by atoms with Crippen LogP contribution in [0.1, 0.15) is 26.7 Å². The lowest BCUT2D eigenvalue weighted by atomic mass is 9.94. The highest BCUT2D eigenvalue weighted by Gasteiger charge is 2.29. The van der Waals surface area contributed by atoms with Crippen molar-refractivity contribution in [3.05, 3.63) is 6.20 Å². The molecule has 1 unspecified atom stereocenters. The first kappa shape index (κ1) is 13.1. The van der Waals surface area contributed by atoms with Crippen molar-refractivity contribution in [1.29, 1.82) is 0 Å². The molecule has 1 saturated heterocycles. The van der Waals surface area contributed by atoms with Gasteiger partial charge in [0.2, 0.25) is 5.95 Å². The lowest BCUT2D eigenvalue weighted by Gasteiger charge is -2.36. The van der Waals surface area contributed by atoms with Crippen molar-refractivity contribution >= 4 is 22.8 Å². The molecule has 8 heteroatoms. The highest BCUT2D eigenvalue weighted by atomic mass is 16.5. The molecule has 20 heavy (non-hydrogen) atoms. The second-order valence-corrected chi connectivity index (χ2v) is 5.61. The van der Waals surface area contributed by atoms with Crippen LogP contribution in [0.5, 0.6) is 0 Å². The molecule has 3 rings (SSSR count). The Bertz CT molecular complexity index is 609. The summed E-state index contributed by atoms with van der Waals surface area (Å²) in [7, 11) is 0. The molecule has 0 spiro atoms. The number of hydrazine groups is 1. The van der Waals surface area contributed by atoms with E-state index in [1.54, 1.807) is 6.20 Å². The minimum atomic E-state index is -0.118. The number of nitrogen functional groups attached to an aromatic ring is 1. The molecule has 5 N–H and O–H groups in total. The van der Waals surface area contributed by atoms with Crippen LogP contribution in [0.15, 0.2) is 6.20 Å². The summed E-state index contributed by atoms with van der Waals surface area (Å²) >= 11 is 0. The number of fused-ring (bicyclic) bond motifs is 1. The molecule has 0 aromatic carbocycles. The van der Waals surface area contributed by atoms with Gasteiger partial charge in [0.05, 0.1) is 17.2 Å². The predicted molar refractivity (Wildman–Crippen MR) is 76.2 cm³/mol. The summed E-state index contributed by atoms with van der Waals surface area (Å²) in [5.41, 5.74) is 3.00. The molecule has 108 valence electrons. The van der Waals surface area contributed by atoms with Gasteiger partial charge in [0.1, 0.15) is 5.82 Å². The van der Waals surface area contributed by atoms with E-state index in [1.807, 2.05) is 0 Å². The molecule has 2 aromatic rings. The Morgan fingerprint density at radius 3 is 3.05 bits per heavy atom. The van der Waals surface area contributed by atoms with Crippen molar-refractivity contribution in [2.45, 2.75) is 38.3 Å². The van der Waals surface area contributed by atoms with Gasteiger partial charge in [0.15, 0.2) is 5.65 Å². The Balaban J connectivity index is 1.88. The first-order valence-corrected chi connectivity index (χ1v) is 6.66. The molecule has 0 saturated carbocycles. The molecule has 8 nitrogen and oxygen atoms in total. The summed E-state index contributed by atoms with van der Waals surface area (Å²) in [5.74, 6) is 6.49. The summed E-state index contributed by atoms with van der Waals surface area (Å²) in [6.07, 6.45) is 3.57. The largest absolute Gasteiger partial charge is 0.375 e. The van der Waals surface area contributed by atoms with E-state index in [0.717, 1.165) is 30.7 Å². The first-order valence-electron chi connectivity index (χ1n) is 6.66. The maximum Gasteiger partial charge on any atom is 0.241 e. The van der Waals surface area contributed by atoms with Crippen LogP contribution in [-0.4, -0.2) is 38.4 Å². The summed E-state index contributed by atoms with van der Waals surface area (Å²) in [5, 5.41) is 11.1. The molecule has 0 bridgehead atoms. The zero-order valence-corrected chi connectivity index (χ0v) is 11.6. The van der Waals surface area contributed by atoms with Crippen LogP contribution in [0.4, 0.5) is 11.8 Å². The van der Waals surface area contributed by atoms with Crippen LogP contribution >= 0.6 is 0 Å². The smallest absolute Gasteiger partial charge is 0.241 e. The molecule has 0 radical (unpaired) electrons. The van der Waals surface area contributed by atoms with Crippen molar-refractivity contribution in [3.63, 3.8) is 0 Å². The molecule has 3 heterocycles. The van der Waals surface area contributed by atoms with E-state index in [9.17, 15) is 0 Å². The van der Waals surface area contributed by atoms with Gasteiger partial charge < -0.3 is 10.1 Å². The van der Waals surface area contributed by atoms with Gasteiger partial charge in [-0.3, -0.25) is 10.5 Å². The van der Waals surface area contributed by atoms with Gasteiger partial charge in [-0.05, 0) is 26.7 Å². The summed E-state index contributed by atoms with van der Waals surface area (Å²) in [6, 6.07) is 0.303. The fourth-order valence-corrected chi connectivity index (χ4v) is 2.56. The standard InChI is InChI=1S/C12H19N7O/c1-12(2)5-7(3-4-20-12)15-9-8-6-14-19-10(8)17-11(16-9)18-13/h6-7H,3-5,13H2,1-2H3,(H3,14,15,16,17,18,19). The van der Waals surface area contributed by atoms with Crippen LogP contribution < -0.4 is 16.6 Å². The van der Waals surface area contributed by atoms with E-state index in [1.165, 1.54) is 0 Å². The average molecular weight is 277 g/mol. The summed E-state index contributed by atoms with van der Waals surface area (Å²) in [4.78, 5) is 8.58. The number of nitrogens with two attached hydrogens (primary N) is 1. The van der Waals surface area contributed by atoms with E-state index >= 15 is 0 Å². The third-order valence-electron chi connectivity index (χ3n) is 3.48. The highest BCUT2D eigenvalue weighted by molar-refractivity contribution is 5.87. The van der Waals surface area contributed by atoms with Crippen LogP contribution in [0.3, 0.4) is 0 Å². The second kappa shape index (κ2) is 4.88. The minimum absolute atomic E-state index is 0.118. The minimum Gasteiger partial charge on any atom is -0.375 e. The molecule has 2 aromatic heterocycles. The third kappa shape index (κ3) is 2.52. The molecule has 1 aliphatic rings. The van der Waals surface area contributed by atoms with Crippen molar-refractivity contribution in [2.75, 3.05) is 17.3 Å². The van der Waals surface area contributed by atoms with Crippen molar-refractivity contribution in [2.24, 2.45) is 5.84 Å². The molecule has 0 amide bonds. The SMILES string of the molecule is CC1(C)CC(Nc2nc(NN)nc3[nH]ncc23)CCO1. The number of anilines is 2. The van der Waals surface area contributed by atoms with Gasteiger partial charge in [-0.25, -0.2) is 5.84 Å². The van der Waals surface area contributed by atoms with Gasteiger partial charge >= 0.3 is 0 Å². The number of rotatable bonds is 3. The fourth-order valence-electron chi connectivity index (χ4n) is 2.56. The van der Waals surface area contributed by atoms with E-state index in [0.29, 0.717) is 17.6 Å². The van der Waals surface area contributed by atoms with E-state index in [2.05, 4.69) is 44.8 Å². The Labute approximate surface area is 116 Å². The molecule has 1 aliphatic heterocycles. The zero-order valence-electron chi connectivity index (χ0n) is 11.6. The molecule has 0 aliphatic carbocycles. The molecule has 1 atom stereocenters. The number of hydrogen-bond donors (Lipinski definition) is 4. The fraction of sp³-hybridized carbons (Fsp3) is 0.583. The zero-order chi connectivity index (χ0) is 14.2. The van der Waals surface area contributed by atoms with Crippen LogP contribution in [0.25, 0.3) is 11.0 Å². The van der Waals surface area contributed by atoms with Crippen LogP contribution in [0, 0.1) is 0 Å². The van der Waals surface area contributed by atoms with Crippen molar-refractivity contribution < 1.29 is 4.74 Å². The molecular formula is C12H19N7O. The molecular weight excluding hydrogens is 258 g/mol. The monoisotopic (exact) mass is 277 g/mol. The van der Waals surface area contributed by atoms with Gasteiger partial charge in [-0.15, -0.1) is 0 Å². The summed E-state index contributed by atoms with van der Waals surface area (Å²) < 4.78 is 5.73. The van der Waals surface area contributed by atoms with Gasteiger partial charge in [0, 0.05) is 12.6 Å². The van der Waals surface area contributed by atoms with Gasteiger partial charge in [-0.1, -0.05) is 0 Å². The quantitative estimate of drug-likeness (QED) is 0.489. The first-order chi connectivity index (χ1) is 9.57. The number of nitrogens with one attached hydrogen (secondary N) is 3. The maximum absolute atomic E-state index is 5.73. The lowest BCUT2D eigenvalue weighted by molar-refractivity contribution is -0.0553. The van der Waals surface area contributed by atoms with E-state index < -0.39 is 0 Å². The number of aromatic nitrogens is 4. The lowest BCUT2D eigenvalue weighted by Crippen LogP contribution is -2.40. The summed E-state index contributed by atoms with van der Waals surface area (Å²) in [6.45, 7) is 4.94. The number of hydrogen-bond acceptors (Lipinski definition) is 7. The predicted octanol–water partition coefficient (Wildman–Crippen LogP) is 1.01. The number of nitrogens with zero attached hydrogens (tertiary/aromatic N) is 3. The van der Waals surface area contributed by atoms with Crippen molar-refractivity contribution in [3.8, 4) is 0 Å². The Hall–Kier alpha value is -1.93. The van der Waals surface area contributed by atoms with E-state index in [4.69, 9.17) is 10.6 Å². The van der Waals surface area contributed by atoms with Crippen LogP contribution in [-0.2, 0) is 4.74 Å². The number of ether oxygens (including phenoxy) is 1. The van der Waals surface area contributed by atoms with Gasteiger partial charge in [-0.2, -0.15) is 15.1 Å². The van der Waals surface area contributed by atoms with Crippen LogP contribution in [0.2, 0.25) is 0 Å². The van der Waals surface area contributed by atoms with Gasteiger partial charge in [0.25, 0.3) is 0 Å². The Morgan fingerprint density at radius 1 is 1.45 bits per heavy atom. The third-order valence-corrected chi connectivity index (χ3v) is 3.48. The molecule has 1 fully saturated rings. The Kier molecular flexibility index (Phi) is 3.19. The number of H-pyrrole nitrogens is 1. The van der Waals surface area contributed by atoms with Crippen molar-refractivity contribution in [1.82, 2.24) is 20.2 Å². The number of aromatic amines is 1.